The molecule has 0 aliphatic carbocycles. The van der Waals surface area contributed by atoms with Crippen molar-refractivity contribution in [1.29, 1.82) is 0 Å². The van der Waals surface area contributed by atoms with Crippen LogP contribution in [-0.4, -0.2) is 44.4 Å². The van der Waals surface area contributed by atoms with E-state index in [1.165, 1.54) is 6.07 Å². The third-order valence-corrected chi connectivity index (χ3v) is 4.09. The highest BCUT2D eigenvalue weighted by atomic mass is 16.5. The summed E-state index contributed by atoms with van der Waals surface area (Å²) in [7, 11) is 0. The lowest BCUT2D eigenvalue weighted by Gasteiger charge is -2.26. The van der Waals surface area contributed by atoms with E-state index in [9.17, 15) is 4.79 Å². The monoisotopic (exact) mass is 303 g/mol. The van der Waals surface area contributed by atoms with Crippen molar-refractivity contribution in [1.82, 2.24) is 4.90 Å². The number of rotatable bonds is 4. The first-order chi connectivity index (χ1) is 10.6. The van der Waals surface area contributed by atoms with Crippen LogP contribution >= 0.6 is 0 Å². The van der Waals surface area contributed by atoms with Gasteiger partial charge >= 0.3 is 5.63 Å². The quantitative estimate of drug-likeness (QED) is 0.810. The van der Waals surface area contributed by atoms with Gasteiger partial charge in [0.2, 0.25) is 0 Å². The van der Waals surface area contributed by atoms with E-state index < -0.39 is 0 Å². The molecule has 0 radical (unpaired) electrons. The van der Waals surface area contributed by atoms with Crippen LogP contribution in [0.5, 0.6) is 5.75 Å². The molecule has 5 heteroatoms. The van der Waals surface area contributed by atoms with E-state index >= 15 is 0 Å². The highest BCUT2D eigenvalue weighted by molar-refractivity contribution is 5.84. The molecule has 0 saturated carbocycles. The molecular formula is C17H21NO4. The molecule has 0 atom stereocenters. The number of fused-ring (bicyclic) bond motifs is 1. The number of hydrogen-bond acceptors (Lipinski definition) is 5. The molecule has 0 bridgehead atoms. The predicted molar refractivity (Wildman–Crippen MR) is 84.7 cm³/mol. The standard InChI is InChI=1S/C17H21NO4/c1-12-11-16(19)22-17-13(2)15(4-3-14(12)17)21-10-7-18-5-8-20-9-6-18/h3-4,11H,5-10H2,1-2H3. The summed E-state index contributed by atoms with van der Waals surface area (Å²) in [6.07, 6.45) is 0. The Morgan fingerprint density at radius 3 is 2.77 bits per heavy atom. The number of benzene rings is 1. The van der Waals surface area contributed by atoms with Gasteiger partial charge in [0.05, 0.1) is 13.2 Å². The Hall–Kier alpha value is -1.85. The Bertz CT molecular complexity index is 716. The van der Waals surface area contributed by atoms with Crippen LogP contribution in [0.1, 0.15) is 11.1 Å². The molecule has 1 aromatic heterocycles. The summed E-state index contributed by atoms with van der Waals surface area (Å²) in [5, 5.41) is 0.956. The van der Waals surface area contributed by atoms with Gasteiger partial charge in [-0.25, -0.2) is 4.79 Å². The summed E-state index contributed by atoms with van der Waals surface area (Å²) in [6, 6.07) is 5.41. The van der Waals surface area contributed by atoms with Crippen molar-refractivity contribution in [3.05, 3.63) is 39.7 Å². The fraction of sp³-hybridized carbons (Fsp3) is 0.471. The largest absolute Gasteiger partial charge is 0.492 e. The van der Waals surface area contributed by atoms with Crippen LogP contribution in [0.15, 0.2) is 27.4 Å². The molecule has 1 aliphatic heterocycles. The van der Waals surface area contributed by atoms with Crippen LogP contribution in [-0.2, 0) is 4.74 Å². The van der Waals surface area contributed by atoms with Gasteiger partial charge in [-0.3, -0.25) is 4.90 Å². The zero-order valence-electron chi connectivity index (χ0n) is 13.1. The van der Waals surface area contributed by atoms with E-state index in [0.29, 0.717) is 12.2 Å². The van der Waals surface area contributed by atoms with Crippen LogP contribution < -0.4 is 10.4 Å². The van der Waals surface area contributed by atoms with Crippen molar-refractivity contribution in [3.8, 4) is 5.75 Å². The molecular weight excluding hydrogens is 282 g/mol. The maximum Gasteiger partial charge on any atom is 0.336 e. The van der Waals surface area contributed by atoms with E-state index in [1.54, 1.807) is 0 Å². The van der Waals surface area contributed by atoms with Crippen LogP contribution in [0.3, 0.4) is 0 Å². The molecule has 1 fully saturated rings. The van der Waals surface area contributed by atoms with Crippen molar-refractivity contribution in [2.45, 2.75) is 13.8 Å². The maximum atomic E-state index is 11.6. The van der Waals surface area contributed by atoms with Crippen LogP contribution in [0, 0.1) is 13.8 Å². The minimum atomic E-state index is -0.321. The van der Waals surface area contributed by atoms with Crippen molar-refractivity contribution in [2.24, 2.45) is 0 Å². The number of hydrogen-bond donors (Lipinski definition) is 0. The van der Waals surface area contributed by atoms with Crippen LogP contribution in [0.4, 0.5) is 0 Å². The molecule has 0 amide bonds. The summed E-state index contributed by atoms with van der Waals surface area (Å²) in [6.45, 7) is 8.81. The van der Waals surface area contributed by atoms with Crippen LogP contribution in [0.2, 0.25) is 0 Å². The van der Waals surface area contributed by atoms with Crippen molar-refractivity contribution >= 4 is 11.0 Å². The van der Waals surface area contributed by atoms with Crippen LogP contribution in [0.25, 0.3) is 11.0 Å². The Balaban J connectivity index is 1.74. The zero-order valence-corrected chi connectivity index (χ0v) is 13.1. The number of aryl methyl sites for hydroxylation is 2. The molecule has 3 rings (SSSR count). The molecule has 118 valence electrons. The fourth-order valence-electron chi connectivity index (χ4n) is 2.77. The SMILES string of the molecule is Cc1cc(=O)oc2c(C)c(OCCN3CCOCC3)ccc12. The predicted octanol–water partition coefficient (Wildman–Crippen LogP) is 2.12. The molecule has 2 heterocycles. The summed E-state index contributed by atoms with van der Waals surface area (Å²) in [5.41, 5.74) is 2.10. The van der Waals surface area contributed by atoms with Crippen molar-refractivity contribution in [3.63, 3.8) is 0 Å². The average Bonchev–Trinajstić information content (AvgIpc) is 2.51. The second-order valence-corrected chi connectivity index (χ2v) is 5.62. The van der Waals surface area contributed by atoms with E-state index in [4.69, 9.17) is 13.9 Å². The lowest BCUT2D eigenvalue weighted by Crippen LogP contribution is -2.38. The van der Waals surface area contributed by atoms with E-state index in [2.05, 4.69) is 4.90 Å². The first kappa shape index (κ1) is 15.1. The van der Waals surface area contributed by atoms with E-state index in [-0.39, 0.29) is 5.63 Å². The third-order valence-electron chi connectivity index (χ3n) is 4.09. The van der Waals surface area contributed by atoms with Gasteiger partial charge in [-0.15, -0.1) is 0 Å². The molecule has 0 spiro atoms. The van der Waals surface area contributed by atoms with Gasteiger partial charge < -0.3 is 13.9 Å². The Labute approximate surface area is 129 Å². The second-order valence-electron chi connectivity index (χ2n) is 5.62. The fourth-order valence-corrected chi connectivity index (χ4v) is 2.77. The minimum absolute atomic E-state index is 0.321. The lowest BCUT2D eigenvalue weighted by atomic mass is 10.1. The Kier molecular flexibility index (Phi) is 4.45. The lowest BCUT2D eigenvalue weighted by molar-refractivity contribution is 0.0322. The first-order valence-electron chi connectivity index (χ1n) is 7.62. The number of nitrogens with zero attached hydrogens (tertiary/aromatic N) is 1. The molecule has 0 unspecified atom stereocenters. The van der Waals surface area contributed by atoms with Gasteiger partial charge in [0.25, 0.3) is 0 Å². The van der Waals surface area contributed by atoms with Gasteiger partial charge in [-0.2, -0.15) is 0 Å². The summed E-state index contributed by atoms with van der Waals surface area (Å²) < 4.78 is 16.6. The van der Waals surface area contributed by atoms with Crippen molar-refractivity contribution < 1.29 is 13.9 Å². The first-order valence-corrected chi connectivity index (χ1v) is 7.62. The highest BCUT2D eigenvalue weighted by Gasteiger charge is 2.12. The smallest absolute Gasteiger partial charge is 0.336 e. The summed E-state index contributed by atoms with van der Waals surface area (Å²) in [5.74, 6) is 0.773. The Morgan fingerprint density at radius 2 is 2.00 bits per heavy atom. The van der Waals surface area contributed by atoms with Gasteiger partial charge in [-0.1, -0.05) is 0 Å². The van der Waals surface area contributed by atoms with E-state index in [1.807, 2.05) is 26.0 Å². The van der Waals surface area contributed by atoms with Gasteiger partial charge in [0.15, 0.2) is 0 Å². The number of morpholine rings is 1. The molecule has 1 aromatic carbocycles. The normalized spacial score (nSPS) is 16.1. The third kappa shape index (κ3) is 3.15. The molecule has 22 heavy (non-hydrogen) atoms. The van der Waals surface area contributed by atoms with Gasteiger partial charge in [0.1, 0.15) is 17.9 Å². The minimum Gasteiger partial charge on any atom is -0.492 e. The average molecular weight is 303 g/mol. The summed E-state index contributed by atoms with van der Waals surface area (Å²) >= 11 is 0. The second kappa shape index (κ2) is 6.50. The number of ether oxygens (including phenoxy) is 2. The highest BCUT2D eigenvalue weighted by Crippen LogP contribution is 2.28. The molecule has 2 aromatic rings. The zero-order chi connectivity index (χ0) is 15.5. The molecule has 0 N–H and O–H groups in total. The van der Waals surface area contributed by atoms with Gasteiger partial charge in [-0.05, 0) is 31.5 Å². The molecule has 1 saturated heterocycles. The van der Waals surface area contributed by atoms with E-state index in [0.717, 1.165) is 55.1 Å². The topological polar surface area (TPSA) is 51.9 Å². The Morgan fingerprint density at radius 1 is 1.23 bits per heavy atom. The summed E-state index contributed by atoms with van der Waals surface area (Å²) in [4.78, 5) is 13.9. The molecule has 1 aliphatic rings. The maximum absolute atomic E-state index is 11.6. The van der Waals surface area contributed by atoms with Crippen molar-refractivity contribution in [2.75, 3.05) is 39.5 Å². The van der Waals surface area contributed by atoms with Gasteiger partial charge in [0, 0.05) is 36.7 Å². The molecule has 5 nitrogen and oxygen atoms in total.